The van der Waals surface area contributed by atoms with Crippen LogP contribution in [0, 0.1) is 5.92 Å². The molecule has 8 nitrogen and oxygen atoms in total. The van der Waals surface area contributed by atoms with Crippen molar-refractivity contribution >= 4 is 40.2 Å². The molecule has 1 saturated heterocycles. The fourth-order valence-corrected chi connectivity index (χ4v) is 3.39. The van der Waals surface area contributed by atoms with Crippen molar-refractivity contribution in [1.82, 2.24) is 10.2 Å². The van der Waals surface area contributed by atoms with Crippen molar-refractivity contribution in [2.24, 2.45) is 5.92 Å². The van der Waals surface area contributed by atoms with Gasteiger partial charge in [0.1, 0.15) is 0 Å². The molecular weight excluding hydrogens is 372 g/mol. The van der Waals surface area contributed by atoms with E-state index in [2.05, 4.69) is 15.5 Å². The van der Waals surface area contributed by atoms with Crippen molar-refractivity contribution in [3.8, 4) is 0 Å². The number of ether oxygens (including phenoxy) is 1. The Kier molecular flexibility index (Phi) is 4.99. The molecule has 8 heteroatoms. The fourth-order valence-electron chi connectivity index (χ4n) is 3.39. The first-order chi connectivity index (χ1) is 14.1. The maximum Gasteiger partial charge on any atom is 0.338 e. The van der Waals surface area contributed by atoms with Crippen LogP contribution in [0.3, 0.4) is 0 Å². The van der Waals surface area contributed by atoms with Crippen molar-refractivity contribution in [3.63, 3.8) is 0 Å². The minimum absolute atomic E-state index is 0.119. The van der Waals surface area contributed by atoms with Gasteiger partial charge in [-0.2, -0.15) is 5.10 Å². The van der Waals surface area contributed by atoms with Crippen LogP contribution < -0.4 is 10.2 Å². The Labute approximate surface area is 166 Å². The minimum Gasteiger partial charge on any atom is -0.462 e. The second kappa shape index (κ2) is 7.75. The Morgan fingerprint density at radius 1 is 1.21 bits per heavy atom. The van der Waals surface area contributed by atoms with Crippen LogP contribution in [0.2, 0.25) is 0 Å². The first-order valence-corrected chi connectivity index (χ1v) is 9.38. The number of nitrogens with one attached hydrogen (secondary N) is 2. The molecule has 1 fully saturated rings. The quantitative estimate of drug-likeness (QED) is 0.650. The van der Waals surface area contributed by atoms with Crippen LogP contribution in [0.1, 0.15) is 23.7 Å². The maximum atomic E-state index is 12.7. The number of benzene rings is 2. The van der Waals surface area contributed by atoms with Crippen LogP contribution in [0.25, 0.3) is 10.9 Å². The van der Waals surface area contributed by atoms with E-state index in [1.54, 1.807) is 36.1 Å². The molecule has 1 aliphatic heterocycles. The Bertz CT molecular complexity index is 1070. The molecule has 4 rings (SSSR count). The van der Waals surface area contributed by atoms with Crippen LogP contribution >= 0.6 is 0 Å². The Morgan fingerprint density at radius 3 is 2.72 bits per heavy atom. The average Bonchev–Trinajstić information content (AvgIpc) is 3.32. The van der Waals surface area contributed by atoms with Crippen molar-refractivity contribution in [1.29, 1.82) is 0 Å². The summed E-state index contributed by atoms with van der Waals surface area (Å²) in [5.41, 5.74) is 1.81. The number of aromatic amines is 1. The molecular formula is C21H20N4O4. The summed E-state index contributed by atoms with van der Waals surface area (Å²) >= 11 is 0. The number of carbonyl (C=O) groups is 3. The number of rotatable bonds is 5. The summed E-state index contributed by atoms with van der Waals surface area (Å²) in [6, 6.07) is 14.0. The first-order valence-electron chi connectivity index (χ1n) is 9.38. The lowest BCUT2D eigenvalue weighted by Gasteiger charge is -2.14. The van der Waals surface area contributed by atoms with Gasteiger partial charge in [0.15, 0.2) is 5.82 Å². The normalized spacial score (nSPS) is 16.2. The van der Waals surface area contributed by atoms with Gasteiger partial charge in [0.25, 0.3) is 0 Å². The van der Waals surface area contributed by atoms with Gasteiger partial charge in [-0.05, 0) is 43.3 Å². The third-order valence-corrected chi connectivity index (χ3v) is 4.87. The Hall–Kier alpha value is -3.68. The van der Waals surface area contributed by atoms with Crippen LogP contribution in [-0.4, -0.2) is 41.1 Å². The standard InChI is InChI=1S/C21H20N4O4/c1-2-29-21(28)13-7-9-15(10-8-13)22-20(27)14-11-18(26)25(12-14)19-16-5-3-4-6-17(16)23-24-19/h3-10,14H,2,11-12H2,1H3,(H,22,27)(H,23,24)/t14-/m0/s1. The molecule has 0 radical (unpaired) electrons. The lowest BCUT2D eigenvalue weighted by molar-refractivity contribution is -0.122. The highest BCUT2D eigenvalue weighted by Crippen LogP contribution is 2.30. The third-order valence-electron chi connectivity index (χ3n) is 4.87. The van der Waals surface area contributed by atoms with E-state index in [-0.39, 0.29) is 24.8 Å². The third kappa shape index (κ3) is 3.69. The number of esters is 1. The van der Waals surface area contributed by atoms with E-state index in [1.807, 2.05) is 24.3 Å². The predicted molar refractivity (Wildman–Crippen MR) is 108 cm³/mol. The summed E-state index contributed by atoms with van der Waals surface area (Å²) in [6.45, 7) is 2.31. The van der Waals surface area contributed by atoms with Gasteiger partial charge < -0.3 is 10.1 Å². The lowest BCUT2D eigenvalue weighted by Crippen LogP contribution is -2.28. The maximum absolute atomic E-state index is 12.7. The van der Waals surface area contributed by atoms with Crippen LogP contribution in [0.4, 0.5) is 11.5 Å². The van der Waals surface area contributed by atoms with E-state index in [0.717, 1.165) is 10.9 Å². The number of H-pyrrole nitrogens is 1. The number of amides is 2. The highest BCUT2D eigenvalue weighted by atomic mass is 16.5. The van der Waals surface area contributed by atoms with Crippen LogP contribution in [-0.2, 0) is 14.3 Å². The zero-order valence-corrected chi connectivity index (χ0v) is 15.8. The van der Waals surface area contributed by atoms with Gasteiger partial charge >= 0.3 is 5.97 Å². The summed E-state index contributed by atoms with van der Waals surface area (Å²) in [4.78, 5) is 38.4. The summed E-state index contributed by atoms with van der Waals surface area (Å²) in [7, 11) is 0. The highest BCUT2D eigenvalue weighted by molar-refractivity contribution is 6.07. The lowest BCUT2D eigenvalue weighted by atomic mass is 10.1. The van der Waals surface area contributed by atoms with Gasteiger partial charge in [-0.15, -0.1) is 0 Å². The molecule has 2 N–H and O–H groups in total. The second-order valence-corrected chi connectivity index (χ2v) is 6.79. The van der Waals surface area contributed by atoms with E-state index in [9.17, 15) is 14.4 Å². The topological polar surface area (TPSA) is 104 Å². The molecule has 2 aromatic carbocycles. The predicted octanol–water partition coefficient (Wildman–Crippen LogP) is 2.73. The monoisotopic (exact) mass is 392 g/mol. The summed E-state index contributed by atoms with van der Waals surface area (Å²) in [6.07, 6.45) is 0.119. The Balaban J connectivity index is 1.44. The van der Waals surface area contributed by atoms with Crippen LogP contribution in [0.5, 0.6) is 0 Å². The second-order valence-electron chi connectivity index (χ2n) is 6.79. The van der Waals surface area contributed by atoms with Gasteiger partial charge in [0, 0.05) is 24.0 Å². The smallest absolute Gasteiger partial charge is 0.338 e. The minimum atomic E-state index is -0.484. The largest absolute Gasteiger partial charge is 0.462 e. The van der Waals surface area contributed by atoms with E-state index >= 15 is 0 Å². The van der Waals surface area contributed by atoms with Crippen molar-refractivity contribution in [2.75, 3.05) is 23.4 Å². The molecule has 0 bridgehead atoms. The zero-order chi connectivity index (χ0) is 20.4. The molecule has 1 aromatic heterocycles. The van der Waals surface area contributed by atoms with Gasteiger partial charge in [0.05, 0.1) is 23.6 Å². The number of anilines is 2. The van der Waals surface area contributed by atoms with E-state index in [1.165, 1.54) is 0 Å². The average molecular weight is 392 g/mol. The Morgan fingerprint density at radius 2 is 1.97 bits per heavy atom. The fraction of sp³-hybridized carbons (Fsp3) is 0.238. The van der Waals surface area contributed by atoms with Crippen LogP contribution in [0.15, 0.2) is 48.5 Å². The molecule has 0 spiro atoms. The van der Waals surface area contributed by atoms with E-state index in [4.69, 9.17) is 4.74 Å². The molecule has 29 heavy (non-hydrogen) atoms. The SMILES string of the molecule is CCOC(=O)c1ccc(NC(=O)[C@H]2CC(=O)N(c3n[nH]c4ccccc34)C2)cc1. The molecule has 0 unspecified atom stereocenters. The number of hydrogen-bond donors (Lipinski definition) is 2. The molecule has 148 valence electrons. The molecule has 0 aliphatic carbocycles. The van der Waals surface area contributed by atoms with E-state index in [0.29, 0.717) is 23.7 Å². The molecule has 1 atom stereocenters. The van der Waals surface area contributed by atoms with Gasteiger partial charge in [-0.3, -0.25) is 19.6 Å². The van der Waals surface area contributed by atoms with Gasteiger partial charge in [0.2, 0.25) is 11.8 Å². The molecule has 0 saturated carbocycles. The van der Waals surface area contributed by atoms with Crippen molar-refractivity contribution in [3.05, 3.63) is 54.1 Å². The van der Waals surface area contributed by atoms with Crippen molar-refractivity contribution < 1.29 is 19.1 Å². The summed E-state index contributed by atoms with van der Waals surface area (Å²) < 4.78 is 4.94. The van der Waals surface area contributed by atoms with Gasteiger partial charge in [-0.25, -0.2) is 4.79 Å². The summed E-state index contributed by atoms with van der Waals surface area (Å²) in [5, 5.41) is 10.8. The zero-order valence-electron chi connectivity index (χ0n) is 15.8. The molecule has 3 aromatic rings. The number of para-hydroxylation sites is 1. The number of fused-ring (bicyclic) bond motifs is 1. The number of hydrogen-bond acceptors (Lipinski definition) is 5. The molecule has 2 heterocycles. The van der Waals surface area contributed by atoms with Crippen molar-refractivity contribution in [2.45, 2.75) is 13.3 Å². The van der Waals surface area contributed by atoms with E-state index < -0.39 is 11.9 Å². The molecule has 2 amide bonds. The summed E-state index contributed by atoms with van der Waals surface area (Å²) in [5.74, 6) is -0.735. The van der Waals surface area contributed by atoms with Gasteiger partial charge in [-0.1, -0.05) is 12.1 Å². The number of nitrogens with zero attached hydrogens (tertiary/aromatic N) is 2. The first kappa shape index (κ1) is 18.7. The molecule has 1 aliphatic rings. The number of aromatic nitrogens is 2. The highest BCUT2D eigenvalue weighted by Gasteiger charge is 2.36. The number of carbonyl (C=O) groups excluding carboxylic acids is 3.